The Bertz CT molecular complexity index is 360. The van der Waals surface area contributed by atoms with Gasteiger partial charge in [-0.15, -0.1) is 0 Å². The van der Waals surface area contributed by atoms with E-state index in [1.807, 2.05) is 18.2 Å². The Balaban J connectivity index is 2.83. The van der Waals surface area contributed by atoms with Gasteiger partial charge in [-0.3, -0.25) is 0 Å². The van der Waals surface area contributed by atoms with Crippen LogP contribution in [0.25, 0.3) is 0 Å². The Morgan fingerprint density at radius 2 is 1.61 bits per heavy atom. The molecule has 1 rings (SSSR count). The summed E-state index contributed by atoms with van der Waals surface area (Å²) in [4.78, 5) is 0. The topological polar surface area (TPSA) is 44.5 Å². The summed E-state index contributed by atoms with van der Waals surface area (Å²) in [5.41, 5.74) is 7.42. The van der Waals surface area contributed by atoms with Crippen molar-refractivity contribution in [2.75, 3.05) is 14.2 Å². The maximum atomic E-state index is 6.20. The fourth-order valence-corrected chi connectivity index (χ4v) is 1.91. The first kappa shape index (κ1) is 14.8. The van der Waals surface area contributed by atoms with Crippen molar-refractivity contribution in [3.8, 4) is 11.5 Å². The molecule has 0 saturated carbocycles. The van der Waals surface area contributed by atoms with E-state index in [0.717, 1.165) is 29.9 Å². The van der Waals surface area contributed by atoms with Gasteiger partial charge in [0.15, 0.2) is 0 Å². The molecule has 1 atom stereocenters. The van der Waals surface area contributed by atoms with Crippen LogP contribution in [-0.4, -0.2) is 20.3 Å². The standard InChI is InChI=1S/C15H25NO2/c1-15(2,3)14(16)10-9-11-12(17-4)7-6-8-13(11)18-5/h6-8,14H,9-10,16H2,1-5H3. The summed E-state index contributed by atoms with van der Waals surface area (Å²) in [6.07, 6.45) is 1.78. The van der Waals surface area contributed by atoms with Gasteiger partial charge in [0.1, 0.15) is 11.5 Å². The first-order valence-electron chi connectivity index (χ1n) is 6.35. The molecule has 0 aliphatic rings. The summed E-state index contributed by atoms with van der Waals surface area (Å²) in [7, 11) is 3.37. The predicted molar refractivity (Wildman–Crippen MR) is 75.3 cm³/mol. The van der Waals surface area contributed by atoms with Gasteiger partial charge < -0.3 is 15.2 Å². The first-order valence-corrected chi connectivity index (χ1v) is 6.35. The van der Waals surface area contributed by atoms with Gasteiger partial charge >= 0.3 is 0 Å². The fraction of sp³-hybridized carbons (Fsp3) is 0.600. The van der Waals surface area contributed by atoms with E-state index in [0.29, 0.717) is 0 Å². The van der Waals surface area contributed by atoms with Gasteiger partial charge in [-0.1, -0.05) is 26.8 Å². The van der Waals surface area contributed by atoms with Crippen LogP contribution in [0.15, 0.2) is 18.2 Å². The molecule has 3 heteroatoms. The molecule has 0 radical (unpaired) electrons. The van der Waals surface area contributed by atoms with E-state index in [-0.39, 0.29) is 11.5 Å². The lowest BCUT2D eigenvalue weighted by Crippen LogP contribution is -2.35. The van der Waals surface area contributed by atoms with Crippen LogP contribution < -0.4 is 15.2 Å². The number of benzene rings is 1. The van der Waals surface area contributed by atoms with E-state index < -0.39 is 0 Å². The first-order chi connectivity index (χ1) is 8.40. The fourth-order valence-electron chi connectivity index (χ4n) is 1.91. The van der Waals surface area contributed by atoms with Crippen LogP contribution in [0, 0.1) is 5.41 Å². The summed E-state index contributed by atoms with van der Waals surface area (Å²) in [6.45, 7) is 6.49. The summed E-state index contributed by atoms with van der Waals surface area (Å²) in [5.74, 6) is 1.74. The van der Waals surface area contributed by atoms with Gasteiger partial charge in [0, 0.05) is 11.6 Å². The molecule has 102 valence electrons. The molecule has 1 aromatic rings. The molecule has 1 unspecified atom stereocenters. The average molecular weight is 251 g/mol. The van der Waals surface area contributed by atoms with Crippen molar-refractivity contribution in [3.63, 3.8) is 0 Å². The zero-order valence-electron chi connectivity index (χ0n) is 12.1. The highest BCUT2D eigenvalue weighted by Crippen LogP contribution is 2.31. The van der Waals surface area contributed by atoms with Crippen molar-refractivity contribution in [1.82, 2.24) is 0 Å². The van der Waals surface area contributed by atoms with E-state index >= 15 is 0 Å². The molecule has 0 aliphatic carbocycles. The molecule has 0 bridgehead atoms. The third-order valence-corrected chi connectivity index (χ3v) is 3.35. The smallest absolute Gasteiger partial charge is 0.125 e. The quantitative estimate of drug-likeness (QED) is 0.875. The molecule has 0 aromatic heterocycles. The van der Waals surface area contributed by atoms with Crippen LogP contribution in [0.5, 0.6) is 11.5 Å². The lowest BCUT2D eigenvalue weighted by atomic mass is 9.84. The SMILES string of the molecule is COc1cccc(OC)c1CCC(N)C(C)(C)C. The van der Waals surface area contributed by atoms with Crippen molar-refractivity contribution in [2.45, 2.75) is 39.7 Å². The summed E-state index contributed by atoms with van der Waals surface area (Å²) in [6, 6.07) is 6.01. The lowest BCUT2D eigenvalue weighted by molar-refractivity contribution is 0.303. The van der Waals surface area contributed by atoms with Crippen LogP contribution in [0.1, 0.15) is 32.8 Å². The molecular weight excluding hydrogens is 226 g/mol. The highest BCUT2D eigenvalue weighted by molar-refractivity contribution is 5.44. The predicted octanol–water partition coefficient (Wildman–Crippen LogP) is 3.01. The number of hydrogen-bond donors (Lipinski definition) is 1. The third-order valence-electron chi connectivity index (χ3n) is 3.35. The monoisotopic (exact) mass is 251 g/mol. The highest BCUT2D eigenvalue weighted by Gasteiger charge is 2.21. The summed E-state index contributed by atoms with van der Waals surface area (Å²) >= 11 is 0. The van der Waals surface area contributed by atoms with Crippen LogP contribution in [-0.2, 0) is 6.42 Å². The normalized spacial score (nSPS) is 13.2. The Hall–Kier alpha value is -1.22. The van der Waals surface area contributed by atoms with E-state index in [4.69, 9.17) is 15.2 Å². The summed E-state index contributed by atoms with van der Waals surface area (Å²) in [5, 5.41) is 0. The minimum Gasteiger partial charge on any atom is -0.496 e. The number of ether oxygens (including phenoxy) is 2. The average Bonchev–Trinajstić information content (AvgIpc) is 2.34. The van der Waals surface area contributed by atoms with Gasteiger partial charge in [-0.2, -0.15) is 0 Å². The number of rotatable bonds is 5. The highest BCUT2D eigenvalue weighted by atomic mass is 16.5. The van der Waals surface area contributed by atoms with Crippen LogP contribution in [0.3, 0.4) is 0 Å². The molecule has 1 aromatic carbocycles. The Labute approximate surface area is 110 Å². The molecule has 0 saturated heterocycles. The van der Waals surface area contributed by atoms with E-state index in [9.17, 15) is 0 Å². The van der Waals surface area contributed by atoms with Gasteiger partial charge in [-0.25, -0.2) is 0 Å². The number of nitrogens with two attached hydrogens (primary N) is 1. The van der Waals surface area contributed by atoms with Crippen molar-refractivity contribution < 1.29 is 9.47 Å². The Morgan fingerprint density at radius 1 is 1.11 bits per heavy atom. The molecule has 0 aliphatic heterocycles. The Morgan fingerprint density at radius 3 is 2.00 bits per heavy atom. The second kappa shape index (κ2) is 6.10. The maximum Gasteiger partial charge on any atom is 0.125 e. The largest absolute Gasteiger partial charge is 0.496 e. The van der Waals surface area contributed by atoms with Crippen molar-refractivity contribution in [2.24, 2.45) is 11.1 Å². The molecule has 3 nitrogen and oxygen atoms in total. The van der Waals surface area contributed by atoms with E-state index in [1.54, 1.807) is 14.2 Å². The van der Waals surface area contributed by atoms with Gasteiger partial charge in [0.2, 0.25) is 0 Å². The van der Waals surface area contributed by atoms with Crippen LogP contribution >= 0.6 is 0 Å². The molecular formula is C15H25NO2. The van der Waals surface area contributed by atoms with Crippen molar-refractivity contribution in [1.29, 1.82) is 0 Å². The third kappa shape index (κ3) is 3.64. The van der Waals surface area contributed by atoms with Crippen LogP contribution in [0.4, 0.5) is 0 Å². The molecule has 0 fully saturated rings. The number of hydrogen-bond acceptors (Lipinski definition) is 3. The minimum absolute atomic E-state index is 0.120. The van der Waals surface area contributed by atoms with Gasteiger partial charge in [-0.05, 0) is 30.4 Å². The molecule has 2 N–H and O–H groups in total. The van der Waals surface area contributed by atoms with Crippen molar-refractivity contribution >= 4 is 0 Å². The zero-order chi connectivity index (χ0) is 13.8. The molecule has 0 heterocycles. The second-order valence-corrected chi connectivity index (χ2v) is 5.65. The molecule has 0 amide bonds. The lowest BCUT2D eigenvalue weighted by Gasteiger charge is -2.27. The van der Waals surface area contributed by atoms with Gasteiger partial charge in [0.25, 0.3) is 0 Å². The molecule has 18 heavy (non-hydrogen) atoms. The number of methoxy groups -OCH3 is 2. The Kier molecular flexibility index (Phi) is 5.03. The van der Waals surface area contributed by atoms with Crippen molar-refractivity contribution in [3.05, 3.63) is 23.8 Å². The van der Waals surface area contributed by atoms with E-state index in [1.165, 1.54) is 0 Å². The van der Waals surface area contributed by atoms with Crippen LogP contribution in [0.2, 0.25) is 0 Å². The maximum absolute atomic E-state index is 6.20. The van der Waals surface area contributed by atoms with Gasteiger partial charge in [0.05, 0.1) is 14.2 Å². The second-order valence-electron chi connectivity index (χ2n) is 5.65. The van der Waals surface area contributed by atoms with E-state index in [2.05, 4.69) is 20.8 Å². The zero-order valence-corrected chi connectivity index (χ0v) is 12.1. The summed E-state index contributed by atoms with van der Waals surface area (Å²) < 4.78 is 10.8. The minimum atomic E-state index is 0.120. The molecule has 0 spiro atoms.